The number of hydrogen-bond donors (Lipinski definition) is 2. The predicted molar refractivity (Wildman–Crippen MR) is 41.1 cm³/mol. The highest BCUT2D eigenvalue weighted by Crippen LogP contribution is 2.04. The van der Waals surface area contributed by atoms with Crippen molar-refractivity contribution >= 4 is 5.91 Å². The van der Waals surface area contributed by atoms with Crippen molar-refractivity contribution in [2.24, 2.45) is 0 Å². The molecule has 0 radical (unpaired) electrons. The van der Waals surface area contributed by atoms with E-state index in [0.29, 0.717) is 6.54 Å². The van der Waals surface area contributed by atoms with Gasteiger partial charge >= 0.3 is 0 Å². The van der Waals surface area contributed by atoms with Gasteiger partial charge in [0, 0.05) is 33.1 Å². The highest BCUT2D eigenvalue weighted by atomic mass is 16.3. The molecule has 1 rings (SSSR count). The van der Waals surface area contributed by atoms with Crippen molar-refractivity contribution in [2.45, 2.75) is 13.0 Å². The highest BCUT2D eigenvalue weighted by molar-refractivity contribution is 5.72. The molecule has 1 fully saturated rings. The number of rotatable bonds is 3. The predicted octanol–water partition coefficient (Wildman–Crippen LogP) is -1.20. The first-order chi connectivity index (χ1) is 5.18. The third-order valence-electron chi connectivity index (χ3n) is 1.74. The van der Waals surface area contributed by atoms with Gasteiger partial charge < -0.3 is 10.4 Å². The Bertz CT molecular complexity index is 143. The van der Waals surface area contributed by atoms with Crippen LogP contribution >= 0.6 is 0 Å². The number of likely N-dealkylation sites (tertiary alicyclic amines) is 1. The molecule has 1 amide bonds. The molecule has 64 valence electrons. The third-order valence-corrected chi connectivity index (χ3v) is 1.74. The maximum atomic E-state index is 10.4. The van der Waals surface area contributed by atoms with Crippen molar-refractivity contribution in [1.82, 2.24) is 10.2 Å². The van der Waals surface area contributed by atoms with Gasteiger partial charge in [0.25, 0.3) is 0 Å². The zero-order chi connectivity index (χ0) is 8.27. The van der Waals surface area contributed by atoms with E-state index in [1.165, 1.54) is 6.92 Å². The van der Waals surface area contributed by atoms with Crippen LogP contribution in [0.1, 0.15) is 6.92 Å². The number of amides is 1. The van der Waals surface area contributed by atoms with Gasteiger partial charge in [0.2, 0.25) is 5.91 Å². The third kappa shape index (κ3) is 2.86. The first kappa shape index (κ1) is 8.49. The minimum Gasteiger partial charge on any atom is -0.390 e. The Morgan fingerprint density at radius 3 is 2.82 bits per heavy atom. The second-order valence-electron chi connectivity index (χ2n) is 2.90. The maximum absolute atomic E-state index is 10.4. The Morgan fingerprint density at radius 2 is 2.36 bits per heavy atom. The fourth-order valence-corrected chi connectivity index (χ4v) is 1.12. The van der Waals surface area contributed by atoms with E-state index in [1.807, 2.05) is 0 Å². The van der Waals surface area contributed by atoms with Crippen molar-refractivity contribution in [3.63, 3.8) is 0 Å². The lowest BCUT2D eigenvalue weighted by Crippen LogP contribution is -2.52. The molecule has 0 aromatic rings. The van der Waals surface area contributed by atoms with Crippen molar-refractivity contribution in [2.75, 3.05) is 26.2 Å². The lowest BCUT2D eigenvalue weighted by Gasteiger charge is -2.35. The average Bonchev–Trinajstić information content (AvgIpc) is 1.83. The fourth-order valence-electron chi connectivity index (χ4n) is 1.12. The molecule has 0 unspecified atom stereocenters. The molecular formula is C7H14N2O2. The molecule has 1 aliphatic rings. The molecule has 1 heterocycles. The second-order valence-corrected chi connectivity index (χ2v) is 2.90. The number of aliphatic hydroxyl groups is 1. The van der Waals surface area contributed by atoms with Gasteiger partial charge in [0.1, 0.15) is 0 Å². The number of carbonyl (C=O) groups excluding carboxylic acids is 1. The SMILES string of the molecule is CC(=O)NCCN1CC(O)C1. The normalized spacial score (nSPS) is 19.5. The zero-order valence-electron chi connectivity index (χ0n) is 6.71. The van der Waals surface area contributed by atoms with Crippen LogP contribution in [0.15, 0.2) is 0 Å². The van der Waals surface area contributed by atoms with Crippen molar-refractivity contribution < 1.29 is 9.90 Å². The van der Waals surface area contributed by atoms with Gasteiger partial charge in [-0.15, -0.1) is 0 Å². The molecule has 0 aromatic carbocycles. The van der Waals surface area contributed by atoms with E-state index in [2.05, 4.69) is 10.2 Å². The molecule has 4 nitrogen and oxygen atoms in total. The molecule has 11 heavy (non-hydrogen) atoms. The molecule has 0 atom stereocenters. The van der Waals surface area contributed by atoms with E-state index in [9.17, 15) is 4.79 Å². The number of β-amino-alcohol motifs (C(OH)–C–C–N with tert-alkyl or cyclic N) is 1. The van der Waals surface area contributed by atoms with Crippen molar-refractivity contribution in [1.29, 1.82) is 0 Å². The van der Waals surface area contributed by atoms with Gasteiger partial charge in [0.15, 0.2) is 0 Å². The quantitative estimate of drug-likeness (QED) is 0.542. The molecular weight excluding hydrogens is 144 g/mol. The minimum absolute atomic E-state index is 0.00562. The van der Waals surface area contributed by atoms with Gasteiger partial charge in [-0.05, 0) is 0 Å². The van der Waals surface area contributed by atoms with Crippen LogP contribution < -0.4 is 5.32 Å². The Morgan fingerprint density at radius 1 is 1.73 bits per heavy atom. The molecule has 0 aromatic heterocycles. The Balaban J connectivity index is 1.92. The summed E-state index contributed by atoms with van der Waals surface area (Å²) in [6, 6.07) is 0. The van der Waals surface area contributed by atoms with E-state index in [-0.39, 0.29) is 12.0 Å². The van der Waals surface area contributed by atoms with Crippen LogP contribution in [0.2, 0.25) is 0 Å². The number of nitrogens with zero attached hydrogens (tertiary/aromatic N) is 1. The lowest BCUT2D eigenvalue weighted by atomic mass is 10.2. The van der Waals surface area contributed by atoms with Gasteiger partial charge in [-0.25, -0.2) is 0 Å². The van der Waals surface area contributed by atoms with E-state index in [4.69, 9.17) is 5.11 Å². The molecule has 0 aliphatic carbocycles. The van der Waals surface area contributed by atoms with Crippen LogP contribution in [0.3, 0.4) is 0 Å². The highest BCUT2D eigenvalue weighted by Gasteiger charge is 2.22. The Labute approximate surface area is 66.2 Å². The van der Waals surface area contributed by atoms with Gasteiger partial charge in [-0.2, -0.15) is 0 Å². The van der Waals surface area contributed by atoms with Crippen molar-refractivity contribution in [3.8, 4) is 0 Å². The van der Waals surface area contributed by atoms with Crippen LogP contribution in [0.5, 0.6) is 0 Å². The summed E-state index contributed by atoms with van der Waals surface area (Å²) in [5.41, 5.74) is 0. The van der Waals surface area contributed by atoms with Crippen molar-refractivity contribution in [3.05, 3.63) is 0 Å². The molecule has 0 bridgehead atoms. The summed E-state index contributed by atoms with van der Waals surface area (Å²) in [6.45, 7) is 4.53. The average molecular weight is 158 g/mol. The first-order valence-electron chi connectivity index (χ1n) is 3.83. The number of carbonyl (C=O) groups is 1. The summed E-state index contributed by atoms with van der Waals surface area (Å²) in [4.78, 5) is 12.5. The first-order valence-corrected chi connectivity index (χ1v) is 3.83. The smallest absolute Gasteiger partial charge is 0.216 e. The summed E-state index contributed by atoms with van der Waals surface area (Å²) in [5, 5.41) is 11.6. The topological polar surface area (TPSA) is 52.6 Å². The van der Waals surface area contributed by atoms with Crippen LogP contribution in [0.4, 0.5) is 0 Å². The standard InChI is InChI=1S/C7H14N2O2/c1-6(10)8-2-3-9-4-7(11)5-9/h7,11H,2-5H2,1H3,(H,8,10). The minimum atomic E-state index is -0.146. The monoisotopic (exact) mass is 158 g/mol. The van der Waals surface area contributed by atoms with Crippen LogP contribution in [0.25, 0.3) is 0 Å². The lowest BCUT2D eigenvalue weighted by molar-refractivity contribution is -0.119. The van der Waals surface area contributed by atoms with E-state index >= 15 is 0 Å². The van der Waals surface area contributed by atoms with Gasteiger partial charge in [-0.1, -0.05) is 0 Å². The Hall–Kier alpha value is -0.610. The summed E-state index contributed by atoms with van der Waals surface area (Å²) >= 11 is 0. The second kappa shape index (κ2) is 3.69. The van der Waals surface area contributed by atoms with E-state index < -0.39 is 0 Å². The Kier molecular flexibility index (Phi) is 2.84. The molecule has 1 aliphatic heterocycles. The molecule has 2 N–H and O–H groups in total. The van der Waals surface area contributed by atoms with E-state index in [1.54, 1.807) is 0 Å². The number of nitrogens with one attached hydrogen (secondary N) is 1. The van der Waals surface area contributed by atoms with Gasteiger partial charge in [-0.3, -0.25) is 9.69 Å². The number of aliphatic hydroxyl groups excluding tert-OH is 1. The fraction of sp³-hybridized carbons (Fsp3) is 0.857. The van der Waals surface area contributed by atoms with Crippen LogP contribution in [-0.4, -0.2) is 48.2 Å². The zero-order valence-corrected chi connectivity index (χ0v) is 6.71. The summed E-state index contributed by atoms with van der Waals surface area (Å²) in [6.07, 6.45) is -0.146. The summed E-state index contributed by atoms with van der Waals surface area (Å²) < 4.78 is 0. The molecule has 4 heteroatoms. The van der Waals surface area contributed by atoms with Gasteiger partial charge in [0.05, 0.1) is 6.10 Å². The maximum Gasteiger partial charge on any atom is 0.216 e. The van der Waals surface area contributed by atoms with E-state index in [0.717, 1.165) is 19.6 Å². The summed E-state index contributed by atoms with van der Waals surface area (Å²) in [7, 11) is 0. The summed E-state index contributed by atoms with van der Waals surface area (Å²) in [5.74, 6) is 0.00562. The number of hydrogen-bond acceptors (Lipinski definition) is 3. The largest absolute Gasteiger partial charge is 0.390 e. The molecule has 0 spiro atoms. The molecule has 1 saturated heterocycles. The van der Waals surface area contributed by atoms with Crippen LogP contribution in [-0.2, 0) is 4.79 Å². The van der Waals surface area contributed by atoms with Crippen LogP contribution in [0, 0.1) is 0 Å². The molecule has 0 saturated carbocycles.